The van der Waals surface area contributed by atoms with Gasteiger partial charge in [-0.25, -0.2) is 4.79 Å². The van der Waals surface area contributed by atoms with Crippen LogP contribution in [-0.4, -0.2) is 35.8 Å². The zero-order valence-electron chi connectivity index (χ0n) is 19.0. The van der Waals surface area contributed by atoms with E-state index >= 15 is 0 Å². The Morgan fingerprint density at radius 3 is 2.56 bits per heavy atom. The molecular weight excluding hydrogens is 402 g/mol. The van der Waals surface area contributed by atoms with Crippen molar-refractivity contribution >= 4 is 22.7 Å². The predicted octanol–water partition coefficient (Wildman–Crippen LogP) is 5.31. The minimum absolute atomic E-state index is 0.132. The Bertz CT molecular complexity index is 1050. The first kappa shape index (κ1) is 21.9. The van der Waals surface area contributed by atoms with E-state index in [1.807, 2.05) is 63.4 Å². The summed E-state index contributed by atoms with van der Waals surface area (Å²) in [4.78, 5) is 19.0. The summed E-state index contributed by atoms with van der Waals surface area (Å²) in [5.74, 6) is 0.834. The highest BCUT2D eigenvalue weighted by molar-refractivity contribution is 5.83. The van der Waals surface area contributed by atoms with Gasteiger partial charge in [0, 0.05) is 24.5 Å². The van der Waals surface area contributed by atoms with Crippen molar-refractivity contribution in [3.63, 3.8) is 0 Å². The minimum atomic E-state index is -0.481. The first-order valence-electron chi connectivity index (χ1n) is 11.2. The lowest BCUT2D eigenvalue weighted by Crippen LogP contribution is -2.46. The van der Waals surface area contributed by atoms with Crippen LogP contribution in [0.5, 0.6) is 5.75 Å². The standard InChI is InChI=1S/C26H31N3O3/c1-26(2,3)32-25(30)28-21-11-13-29(14-12-21)22-15-20-16-23(9-10-24(20)27-17-22)31-18-19-7-5-4-6-8-19/h4-10,15-17,21H,11-14,18H2,1-3H3,(H,28,30). The molecule has 0 radical (unpaired) electrons. The van der Waals surface area contributed by atoms with E-state index in [0.29, 0.717) is 6.61 Å². The molecule has 2 aromatic carbocycles. The molecule has 1 aliphatic rings. The summed E-state index contributed by atoms with van der Waals surface area (Å²) in [6, 6.07) is 18.5. The van der Waals surface area contributed by atoms with Crippen LogP contribution in [0.4, 0.5) is 10.5 Å². The fraction of sp³-hybridized carbons (Fsp3) is 0.385. The number of pyridine rings is 1. The topological polar surface area (TPSA) is 63.7 Å². The van der Waals surface area contributed by atoms with Crippen molar-refractivity contribution < 1.29 is 14.3 Å². The number of carbonyl (C=O) groups is 1. The van der Waals surface area contributed by atoms with Crippen LogP contribution < -0.4 is 15.0 Å². The molecule has 6 heteroatoms. The summed E-state index contributed by atoms with van der Waals surface area (Å²) < 4.78 is 11.4. The number of nitrogens with one attached hydrogen (secondary N) is 1. The van der Waals surface area contributed by atoms with Crippen molar-refractivity contribution in [2.75, 3.05) is 18.0 Å². The fourth-order valence-corrected chi connectivity index (χ4v) is 3.86. The third-order valence-electron chi connectivity index (χ3n) is 5.47. The third-order valence-corrected chi connectivity index (χ3v) is 5.47. The number of fused-ring (bicyclic) bond motifs is 1. The van der Waals surface area contributed by atoms with Crippen molar-refractivity contribution in [2.45, 2.75) is 51.9 Å². The summed E-state index contributed by atoms with van der Waals surface area (Å²) >= 11 is 0. The summed E-state index contributed by atoms with van der Waals surface area (Å²) in [5, 5.41) is 4.05. The molecule has 4 rings (SSSR count). The van der Waals surface area contributed by atoms with Gasteiger partial charge < -0.3 is 19.7 Å². The second-order valence-electron chi connectivity index (χ2n) is 9.23. The molecule has 1 fully saturated rings. The number of piperidine rings is 1. The second kappa shape index (κ2) is 9.47. The monoisotopic (exact) mass is 433 g/mol. The Kier molecular flexibility index (Phi) is 6.49. The van der Waals surface area contributed by atoms with E-state index in [0.717, 1.165) is 53.8 Å². The number of hydrogen-bond donors (Lipinski definition) is 1. The summed E-state index contributed by atoms with van der Waals surface area (Å²) in [5.41, 5.74) is 2.70. The van der Waals surface area contributed by atoms with E-state index in [2.05, 4.69) is 33.4 Å². The number of benzene rings is 2. The smallest absolute Gasteiger partial charge is 0.407 e. The van der Waals surface area contributed by atoms with E-state index in [9.17, 15) is 4.79 Å². The molecule has 0 spiro atoms. The van der Waals surface area contributed by atoms with Gasteiger partial charge in [0.2, 0.25) is 0 Å². The van der Waals surface area contributed by atoms with Crippen molar-refractivity contribution in [3.05, 3.63) is 66.4 Å². The lowest BCUT2D eigenvalue weighted by molar-refractivity contribution is 0.0497. The van der Waals surface area contributed by atoms with Crippen molar-refractivity contribution in [1.29, 1.82) is 0 Å². The molecule has 0 unspecified atom stereocenters. The van der Waals surface area contributed by atoms with Crippen molar-refractivity contribution in [3.8, 4) is 5.75 Å². The van der Waals surface area contributed by atoms with Crippen LogP contribution >= 0.6 is 0 Å². The quantitative estimate of drug-likeness (QED) is 0.591. The van der Waals surface area contributed by atoms with Crippen molar-refractivity contribution in [1.82, 2.24) is 10.3 Å². The second-order valence-corrected chi connectivity index (χ2v) is 9.23. The maximum absolute atomic E-state index is 12.0. The molecule has 1 saturated heterocycles. The van der Waals surface area contributed by atoms with Crippen LogP contribution in [0.1, 0.15) is 39.2 Å². The summed E-state index contributed by atoms with van der Waals surface area (Å²) in [7, 11) is 0. The van der Waals surface area contributed by atoms with Crippen LogP contribution in [0.3, 0.4) is 0 Å². The largest absolute Gasteiger partial charge is 0.489 e. The lowest BCUT2D eigenvalue weighted by atomic mass is 10.0. The molecule has 1 N–H and O–H groups in total. The number of ether oxygens (including phenoxy) is 2. The number of rotatable bonds is 5. The van der Waals surface area contributed by atoms with Crippen LogP contribution in [0, 0.1) is 0 Å². The van der Waals surface area contributed by atoms with Crippen molar-refractivity contribution in [2.24, 2.45) is 0 Å². The number of carbonyl (C=O) groups excluding carboxylic acids is 1. The molecule has 0 aliphatic carbocycles. The van der Waals surface area contributed by atoms with Crippen LogP contribution in [0.15, 0.2) is 60.8 Å². The summed E-state index contributed by atoms with van der Waals surface area (Å²) in [6.45, 7) is 7.88. The van der Waals surface area contributed by atoms with E-state index in [-0.39, 0.29) is 12.1 Å². The van der Waals surface area contributed by atoms with Gasteiger partial charge in [0.05, 0.1) is 17.4 Å². The lowest BCUT2D eigenvalue weighted by Gasteiger charge is -2.34. The first-order valence-corrected chi connectivity index (χ1v) is 11.2. The van der Waals surface area contributed by atoms with Gasteiger partial charge >= 0.3 is 6.09 Å². The number of anilines is 1. The number of alkyl carbamates (subject to hydrolysis) is 1. The predicted molar refractivity (Wildman–Crippen MR) is 127 cm³/mol. The fourth-order valence-electron chi connectivity index (χ4n) is 3.86. The highest BCUT2D eigenvalue weighted by atomic mass is 16.6. The number of aromatic nitrogens is 1. The van der Waals surface area contributed by atoms with Gasteiger partial charge in [0.15, 0.2) is 0 Å². The number of hydrogen-bond acceptors (Lipinski definition) is 5. The molecule has 168 valence electrons. The molecule has 0 saturated carbocycles. The molecule has 0 atom stereocenters. The van der Waals surface area contributed by atoms with E-state index in [1.165, 1.54) is 0 Å². The Morgan fingerprint density at radius 2 is 1.84 bits per heavy atom. The van der Waals surface area contributed by atoms with Crippen LogP contribution in [0.2, 0.25) is 0 Å². The molecule has 1 aliphatic heterocycles. The first-order chi connectivity index (χ1) is 15.4. The average Bonchev–Trinajstić information content (AvgIpc) is 2.77. The molecule has 1 aromatic heterocycles. The SMILES string of the molecule is CC(C)(C)OC(=O)NC1CCN(c2cnc3ccc(OCc4ccccc4)cc3c2)CC1. The van der Waals surface area contributed by atoms with E-state index < -0.39 is 5.60 Å². The summed E-state index contributed by atoms with van der Waals surface area (Å²) in [6.07, 6.45) is 3.33. The van der Waals surface area contributed by atoms with Gasteiger partial charge in [-0.3, -0.25) is 4.98 Å². The zero-order chi connectivity index (χ0) is 22.6. The van der Waals surface area contributed by atoms with Gasteiger partial charge in [0.25, 0.3) is 0 Å². The highest BCUT2D eigenvalue weighted by Crippen LogP contribution is 2.26. The number of amides is 1. The third kappa shape index (κ3) is 5.90. The molecular formula is C26H31N3O3. The number of nitrogens with zero attached hydrogens (tertiary/aromatic N) is 2. The molecule has 3 aromatic rings. The normalized spacial score (nSPS) is 14.9. The maximum Gasteiger partial charge on any atom is 0.407 e. The van der Waals surface area contributed by atoms with Crippen LogP contribution in [-0.2, 0) is 11.3 Å². The Labute approximate surface area is 189 Å². The van der Waals surface area contributed by atoms with Gasteiger partial charge in [0.1, 0.15) is 18.0 Å². The highest BCUT2D eigenvalue weighted by Gasteiger charge is 2.24. The van der Waals surface area contributed by atoms with Gasteiger partial charge in [-0.2, -0.15) is 0 Å². The van der Waals surface area contributed by atoms with Gasteiger partial charge in [-0.1, -0.05) is 30.3 Å². The maximum atomic E-state index is 12.0. The van der Waals surface area contributed by atoms with Gasteiger partial charge in [-0.15, -0.1) is 0 Å². The van der Waals surface area contributed by atoms with Gasteiger partial charge in [-0.05, 0) is 63.4 Å². The zero-order valence-corrected chi connectivity index (χ0v) is 19.0. The Morgan fingerprint density at radius 1 is 1.09 bits per heavy atom. The van der Waals surface area contributed by atoms with E-state index in [1.54, 1.807) is 0 Å². The Balaban J connectivity index is 1.36. The Hall–Kier alpha value is -3.28. The minimum Gasteiger partial charge on any atom is -0.489 e. The molecule has 2 heterocycles. The van der Waals surface area contributed by atoms with E-state index in [4.69, 9.17) is 9.47 Å². The molecule has 6 nitrogen and oxygen atoms in total. The van der Waals surface area contributed by atoms with Crippen LogP contribution in [0.25, 0.3) is 10.9 Å². The molecule has 1 amide bonds. The molecule has 32 heavy (non-hydrogen) atoms. The average molecular weight is 434 g/mol. The molecule has 0 bridgehead atoms.